The van der Waals surface area contributed by atoms with E-state index in [9.17, 15) is 0 Å². The molecule has 102 valence electrons. The summed E-state index contributed by atoms with van der Waals surface area (Å²) in [6.07, 6.45) is 6.89. The minimum absolute atomic E-state index is 0.556. The van der Waals surface area contributed by atoms with E-state index in [0.29, 0.717) is 5.41 Å². The van der Waals surface area contributed by atoms with Gasteiger partial charge in [-0.1, -0.05) is 19.8 Å². The van der Waals surface area contributed by atoms with Gasteiger partial charge in [-0.2, -0.15) is 5.10 Å². The first-order valence-electron chi connectivity index (χ1n) is 6.97. The molecule has 18 heavy (non-hydrogen) atoms. The Kier molecular flexibility index (Phi) is 4.49. The number of hydrogen-bond acceptors (Lipinski definition) is 2. The number of aromatic nitrogens is 2. The molecule has 4 heteroatoms. The molecule has 0 unspecified atom stereocenters. The van der Waals surface area contributed by atoms with Crippen molar-refractivity contribution in [3.8, 4) is 0 Å². The first kappa shape index (κ1) is 14.1. The Labute approximate surface area is 118 Å². The molecule has 1 aliphatic rings. The molecule has 1 saturated carbocycles. The summed E-state index contributed by atoms with van der Waals surface area (Å²) in [4.78, 5) is 0. The van der Waals surface area contributed by atoms with E-state index >= 15 is 0 Å². The predicted molar refractivity (Wildman–Crippen MR) is 78.5 cm³/mol. The maximum atomic E-state index is 4.43. The fourth-order valence-corrected chi connectivity index (χ4v) is 3.57. The molecule has 0 spiro atoms. The minimum Gasteiger partial charge on any atom is -0.311 e. The summed E-state index contributed by atoms with van der Waals surface area (Å²) in [6, 6.07) is 0. The number of halogens is 1. The van der Waals surface area contributed by atoms with Gasteiger partial charge < -0.3 is 5.32 Å². The number of nitrogens with one attached hydrogen (secondary N) is 1. The van der Waals surface area contributed by atoms with Crippen molar-refractivity contribution in [1.29, 1.82) is 0 Å². The summed E-state index contributed by atoms with van der Waals surface area (Å²) in [5, 5.41) is 8.07. The normalized spacial score (nSPS) is 18.4. The number of hydrogen-bond donors (Lipinski definition) is 1. The van der Waals surface area contributed by atoms with Crippen LogP contribution in [0.5, 0.6) is 0 Å². The first-order chi connectivity index (χ1) is 8.58. The molecule has 0 amide bonds. The van der Waals surface area contributed by atoms with Crippen LogP contribution in [0.25, 0.3) is 0 Å². The zero-order valence-corrected chi connectivity index (χ0v) is 13.3. The van der Waals surface area contributed by atoms with Crippen LogP contribution in [0.3, 0.4) is 0 Å². The van der Waals surface area contributed by atoms with E-state index < -0.39 is 0 Å². The van der Waals surface area contributed by atoms with Gasteiger partial charge in [0, 0.05) is 20.1 Å². The van der Waals surface area contributed by atoms with Crippen LogP contribution in [0.4, 0.5) is 0 Å². The Bertz CT molecular complexity index is 405. The minimum atomic E-state index is 0.556. The standard InChI is InChI=1S/C14H24BrN3/c1-4-14(7-5-6-8-14)10-16-9-12-13(15)11(2)17-18(12)3/h16H,4-10H2,1-3H3. The van der Waals surface area contributed by atoms with Crippen LogP contribution in [-0.4, -0.2) is 16.3 Å². The fourth-order valence-electron chi connectivity index (χ4n) is 3.10. The number of aryl methyl sites for hydroxylation is 2. The third-order valence-electron chi connectivity index (χ3n) is 4.47. The molecular weight excluding hydrogens is 290 g/mol. The molecule has 0 aliphatic heterocycles. The zero-order chi connectivity index (χ0) is 13.2. The Morgan fingerprint density at radius 3 is 2.56 bits per heavy atom. The van der Waals surface area contributed by atoms with Gasteiger partial charge in [0.1, 0.15) is 0 Å². The summed E-state index contributed by atoms with van der Waals surface area (Å²) in [7, 11) is 2.01. The van der Waals surface area contributed by atoms with Gasteiger partial charge in [0.2, 0.25) is 0 Å². The highest BCUT2D eigenvalue weighted by Gasteiger charge is 2.31. The Morgan fingerprint density at radius 1 is 1.39 bits per heavy atom. The number of rotatable bonds is 5. The fraction of sp³-hybridized carbons (Fsp3) is 0.786. The third kappa shape index (κ3) is 2.80. The second kappa shape index (κ2) is 5.74. The predicted octanol–water partition coefficient (Wildman–Crippen LogP) is 3.55. The highest BCUT2D eigenvalue weighted by Crippen LogP contribution is 2.40. The van der Waals surface area contributed by atoms with Crippen LogP contribution in [0, 0.1) is 12.3 Å². The van der Waals surface area contributed by atoms with Crippen LogP contribution in [-0.2, 0) is 13.6 Å². The second-order valence-corrected chi connectivity index (χ2v) is 6.43. The molecule has 1 aromatic heterocycles. The summed E-state index contributed by atoms with van der Waals surface area (Å²) in [6.45, 7) is 6.41. The van der Waals surface area contributed by atoms with Gasteiger partial charge in [-0.25, -0.2) is 0 Å². The Balaban J connectivity index is 1.92. The van der Waals surface area contributed by atoms with Gasteiger partial charge >= 0.3 is 0 Å². The summed E-state index contributed by atoms with van der Waals surface area (Å²) < 4.78 is 3.12. The molecule has 0 bridgehead atoms. The molecule has 1 fully saturated rings. The van der Waals surface area contributed by atoms with Gasteiger partial charge in [0.25, 0.3) is 0 Å². The molecule has 2 rings (SSSR count). The van der Waals surface area contributed by atoms with E-state index in [1.165, 1.54) is 37.8 Å². The van der Waals surface area contributed by atoms with Crippen molar-refractivity contribution in [2.24, 2.45) is 12.5 Å². The second-order valence-electron chi connectivity index (χ2n) is 5.63. The molecule has 0 atom stereocenters. The van der Waals surface area contributed by atoms with Crippen LogP contribution in [0.2, 0.25) is 0 Å². The Hall–Kier alpha value is -0.350. The van der Waals surface area contributed by atoms with Crippen molar-refractivity contribution in [2.45, 2.75) is 52.5 Å². The number of nitrogens with zero attached hydrogens (tertiary/aromatic N) is 2. The lowest BCUT2D eigenvalue weighted by molar-refractivity contribution is 0.267. The van der Waals surface area contributed by atoms with E-state index in [2.05, 4.69) is 33.3 Å². The van der Waals surface area contributed by atoms with Crippen molar-refractivity contribution in [2.75, 3.05) is 6.54 Å². The molecule has 1 aromatic rings. The van der Waals surface area contributed by atoms with Crippen molar-refractivity contribution in [3.63, 3.8) is 0 Å². The maximum absolute atomic E-state index is 4.43. The van der Waals surface area contributed by atoms with E-state index in [-0.39, 0.29) is 0 Å². The quantitative estimate of drug-likeness (QED) is 0.901. The monoisotopic (exact) mass is 313 g/mol. The van der Waals surface area contributed by atoms with Gasteiger partial charge in [-0.05, 0) is 47.5 Å². The average molecular weight is 314 g/mol. The molecule has 3 nitrogen and oxygen atoms in total. The van der Waals surface area contributed by atoms with Gasteiger partial charge in [0.15, 0.2) is 0 Å². The molecule has 1 heterocycles. The maximum Gasteiger partial charge on any atom is 0.0739 e. The summed E-state index contributed by atoms with van der Waals surface area (Å²) >= 11 is 3.62. The molecular formula is C14H24BrN3. The van der Waals surface area contributed by atoms with Gasteiger partial charge in [-0.15, -0.1) is 0 Å². The van der Waals surface area contributed by atoms with Crippen LogP contribution >= 0.6 is 15.9 Å². The smallest absolute Gasteiger partial charge is 0.0739 e. The van der Waals surface area contributed by atoms with E-state index in [0.717, 1.165) is 23.3 Å². The van der Waals surface area contributed by atoms with E-state index in [1.807, 2.05) is 18.7 Å². The van der Waals surface area contributed by atoms with E-state index in [1.54, 1.807) is 0 Å². The molecule has 0 radical (unpaired) electrons. The summed E-state index contributed by atoms with van der Waals surface area (Å²) in [5.74, 6) is 0. The zero-order valence-electron chi connectivity index (χ0n) is 11.7. The van der Waals surface area contributed by atoms with Crippen LogP contribution in [0.1, 0.15) is 50.4 Å². The largest absolute Gasteiger partial charge is 0.311 e. The average Bonchev–Trinajstić information content (AvgIpc) is 2.91. The highest BCUT2D eigenvalue weighted by molar-refractivity contribution is 9.10. The lowest BCUT2D eigenvalue weighted by Gasteiger charge is -2.27. The lowest BCUT2D eigenvalue weighted by Crippen LogP contribution is -2.31. The van der Waals surface area contributed by atoms with Gasteiger partial charge in [0.05, 0.1) is 15.9 Å². The summed E-state index contributed by atoms with van der Waals surface area (Å²) in [5.41, 5.74) is 2.87. The molecule has 0 saturated heterocycles. The van der Waals surface area contributed by atoms with Crippen molar-refractivity contribution in [1.82, 2.24) is 15.1 Å². The lowest BCUT2D eigenvalue weighted by atomic mass is 9.83. The SMILES string of the molecule is CCC1(CNCc2c(Br)c(C)nn2C)CCCC1. The van der Waals surface area contributed by atoms with Crippen molar-refractivity contribution >= 4 is 15.9 Å². The van der Waals surface area contributed by atoms with Gasteiger partial charge in [-0.3, -0.25) is 4.68 Å². The Morgan fingerprint density at radius 2 is 2.06 bits per heavy atom. The first-order valence-corrected chi connectivity index (χ1v) is 7.76. The molecule has 1 aliphatic carbocycles. The van der Waals surface area contributed by atoms with Crippen LogP contribution in [0.15, 0.2) is 4.47 Å². The van der Waals surface area contributed by atoms with Crippen LogP contribution < -0.4 is 5.32 Å². The third-order valence-corrected chi connectivity index (χ3v) is 5.50. The highest BCUT2D eigenvalue weighted by atomic mass is 79.9. The molecule has 0 aromatic carbocycles. The van der Waals surface area contributed by atoms with Crippen molar-refractivity contribution < 1.29 is 0 Å². The van der Waals surface area contributed by atoms with E-state index in [4.69, 9.17) is 0 Å². The molecule has 1 N–H and O–H groups in total. The van der Waals surface area contributed by atoms with Crippen molar-refractivity contribution in [3.05, 3.63) is 15.9 Å². The topological polar surface area (TPSA) is 29.9 Å².